The van der Waals surface area contributed by atoms with Crippen LogP contribution in [0.1, 0.15) is 22.5 Å². The predicted molar refractivity (Wildman–Crippen MR) is 77.7 cm³/mol. The van der Waals surface area contributed by atoms with Crippen molar-refractivity contribution in [2.75, 3.05) is 11.9 Å². The Morgan fingerprint density at radius 3 is 2.86 bits per heavy atom. The summed E-state index contributed by atoms with van der Waals surface area (Å²) in [5.41, 5.74) is 8.76. The molecule has 0 atom stereocenters. The fraction of sp³-hybridized carbons (Fsp3) is 0.200. The van der Waals surface area contributed by atoms with Gasteiger partial charge in [-0.3, -0.25) is 19.6 Å². The summed E-state index contributed by atoms with van der Waals surface area (Å²) >= 11 is 0. The highest BCUT2D eigenvalue weighted by molar-refractivity contribution is 5.96. The highest BCUT2D eigenvalue weighted by Crippen LogP contribution is 2.28. The Balaban J connectivity index is 2.03. The first-order valence-electron chi connectivity index (χ1n) is 6.58. The number of nitrogens with two attached hydrogens (primary N) is 1. The van der Waals surface area contributed by atoms with E-state index < -0.39 is 5.91 Å². The van der Waals surface area contributed by atoms with Crippen molar-refractivity contribution in [2.24, 2.45) is 5.73 Å². The molecule has 0 fully saturated rings. The number of aryl methyl sites for hydroxylation is 1. The van der Waals surface area contributed by atoms with Crippen LogP contribution < -0.4 is 10.6 Å². The Morgan fingerprint density at radius 1 is 1.29 bits per heavy atom. The van der Waals surface area contributed by atoms with Crippen LogP contribution in [-0.4, -0.2) is 28.8 Å². The van der Waals surface area contributed by atoms with E-state index in [1.807, 2.05) is 12.1 Å². The van der Waals surface area contributed by atoms with E-state index in [4.69, 9.17) is 5.73 Å². The smallest absolute Gasteiger partial charge is 0.250 e. The molecule has 0 aromatic carbocycles. The lowest BCUT2D eigenvalue weighted by atomic mass is 10.0. The van der Waals surface area contributed by atoms with Crippen LogP contribution in [-0.2, 0) is 11.2 Å². The number of aromatic nitrogens is 2. The van der Waals surface area contributed by atoms with Crippen LogP contribution in [0.25, 0.3) is 11.3 Å². The first-order valence-corrected chi connectivity index (χ1v) is 6.58. The van der Waals surface area contributed by atoms with E-state index in [-0.39, 0.29) is 5.91 Å². The molecule has 106 valence electrons. The molecule has 2 amide bonds. The van der Waals surface area contributed by atoms with E-state index in [1.54, 1.807) is 24.2 Å². The number of carbonyl (C=O) groups excluding carboxylic acids is 2. The summed E-state index contributed by atoms with van der Waals surface area (Å²) in [6, 6.07) is 5.35. The molecule has 6 heteroatoms. The van der Waals surface area contributed by atoms with Crippen molar-refractivity contribution in [3.63, 3.8) is 0 Å². The second-order valence-corrected chi connectivity index (χ2v) is 4.94. The Bertz CT molecular complexity index is 742. The Kier molecular flexibility index (Phi) is 3.13. The van der Waals surface area contributed by atoms with Crippen LogP contribution in [0, 0.1) is 0 Å². The standard InChI is InChI=1S/C15H14N4O2/c1-19-13-4-2-11(18-12(13)3-5-14(19)20)9-6-10(15(16)21)8-17-7-9/h2,4,6-8H,3,5H2,1H3,(H2,16,21). The van der Waals surface area contributed by atoms with Crippen LogP contribution in [0.15, 0.2) is 30.6 Å². The van der Waals surface area contributed by atoms with Crippen molar-refractivity contribution in [3.8, 4) is 11.3 Å². The second kappa shape index (κ2) is 4.97. The average molecular weight is 282 g/mol. The predicted octanol–water partition coefficient (Wildman–Crippen LogP) is 1.15. The molecule has 0 spiro atoms. The highest BCUT2D eigenvalue weighted by atomic mass is 16.2. The molecule has 2 aromatic heterocycles. The summed E-state index contributed by atoms with van der Waals surface area (Å²) < 4.78 is 0. The zero-order valence-electron chi connectivity index (χ0n) is 11.5. The second-order valence-electron chi connectivity index (χ2n) is 4.94. The molecule has 1 aliphatic heterocycles. The van der Waals surface area contributed by atoms with Gasteiger partial charge in [-0.1, -0.05) is 0 Å². The van der Waals surface area contributed by atoms with Crippen molar-refractivity contribution in [1.82, 2.24) is 9.97 Å². The number of nitrogens with zero attached hydrogens (tertiary/aromatic N) is 3. The van der Waals surface area contributed by atoms with Crippen LogP contribution >= 0.6 is 0 Å². The third kappa shape index (κ3) is 2.35. The largest absolute Gasteiger partial charge is 0.366 e. The highest BCUT2D eigenvalue weighted by Gasteiger charge is 2.22. The maximum absolute atomic E-state index is 11.7. The summed E-state index contributed by atoms with van der Waals surface area (Å²) in [4.78, 5) is 33.1. The number of hydrogen-bond donors (Lipinski definition) is 1. The molecule has 0 aliphatic carbocycles. The first-order chi connectivity index (χ1) is 10.1. The first kappa shape index (κ1) is 13.2. The zero-order valence-corrected chi connectivity index (χ0v) is 11.5. The van der Waals surface area contributed by atoms with E-state index in [9.17, 15) is 9.59 Å². The summed E-state index contributed by atoms with van der Waals surface area (Å²) in [5.74, 6) is -0.429. The molecule has 0 saturated heterocycles. The molecule has 1 aliphatic rings. The van der Waals surface area contributed by atoms with Crippen LogP contribution in [0.2, 0.25) is 0 Å². The molecule has 2 N–H and O–H groups in total. The normalized spacial score (nSPS) is 14.0. The average Bonchev–Trinajstić information content (AvgIpc) is 2.51. The minimum atomic E-state index is -0.521. The van der Waals surface area contributed by atoms with E-state index in [2.05, 4.69) is 9.97 Å². The lowest BCUT2D eigenvalue weighted by Crippen LogP contribution is -2.31. The molecule has 0 saturated carbocycles. The SMILES string of the molecule is CN1C(=O)CCc2nc(-c3cncc(C(N)=O)c3)ccc21. The Hall–Kier alpha value is -2.76. The molecule has 2 aromatic rings. The fourth-order valence-electron chi connectivity index (χ4n) is 2.39. The van der Waals surface area contributed by atoms with Crippen molar-refractivity contribution in [3.05, 3.63) is 41.9 Å². The lowest BCUT2D eigenvalue weighted by molar-refractivity contribution is -0.118. The topological polar surface area (TPSA) is 89.2 Å². The van der Waals surface area contributed by atoms with Gasteiger partial charge in [-0.15, -0.1) is 0 Å². The van der Waals surface area contributed by atoms with Gasteiger partial charge in [0.15, 0.2) is 0 Å². The number of hydrogen-bond acceptors (Lipinski definition) is 4. The van der Waals surface area contributed by atoms with Gasteiger partial charge in [-0.05, 0) is 18.2 Å². The summed E-state index contributed by atoms with van der Waals surface area (Å²) in [6.07, 6.45) is 4.14. The Morgan fingerprint density at radius 2 is 2.10 bits per heavy atom. The summed E-state index contributed by atoms with van der Waals surface area (Å²) in [5, 5.41) is 0. The van der Waals surface area contributed by atoms with Gasteiger partial charge in [0.2, 0.25) is 11.8 Å². The van der Waals surface area contributed by atoms with Crippen molar-refractivity contribution in [2.45, 2.75) is 12.8 Å². The van der Waals surface area contributed by atoms with E-state index in [1.165, 1.54) is 6.20 Å². The maximum Gasteiger partial charge on any atom is 0.250 e. The van der Waals surface area contributed by atoms with Gasteiger partial charge in [0.25, 0.3) is 0 Å². The van der Waals surface area contributed by atoms with Gasteiger partial charge < -0.3 is 10.6 Å². The van der Waals surface area contributed by atoms with Crippen LogP contribution in [0.4, 0.5) is 5.69 Å². The van der Waals surface area contributed by atoms with Gasteiger partial charge in [-0.25, -0.2) is 0 Å². The molecule has 21 heavy (non-hydrogen) atoms. The molecule has 0 unspecified atom stereocenters. The number of primary amides is 1. The van der Waals surface area contributed by atoms with Crippen molar-refractivity contribution < 1.29 is 9.59 Å². The third-order valence-electron chi connectivity index (χ3n) is 3.58. The molecule has 0 bridgehead atoms. The number of carbonyl (C=O) groups is 2. The van der Waals surface area contributed by atoms with Gasteiger partial charge in [0, 0.05) is 37.8 Å². The fourth-order valence-corrected chi connectivity index (χ4v) is 2.39. The van der Waals surface area contributed by atoms with Gasteiger partial charge >= 0.3 is 0 Å². The number of anilines is 1. The molecular weight excluding hydrogens is 268 g/mol. The molecule has 0 radical (unpaired) electrons. The molecule has 3 heterocycles. The molecule has 6 nitrogen and oxygen atoms in total. The number of amides is 2. The van der Waals surface area contributed by atoms with Gasteiger partial charge in [-0.2, -0.15) is 0 Å². The van der Waals surface area contributed by atoms with Crippen LogP contribution in [0.3, 0.4) is 0 Å². The molecular formula is C15H14N4O2. The minimum Gasteiger partial charge on any atom is -0.366 e. The third-order valence-corrected chi connectivity index (χ3v) is 3.58. The number of rotatable bonds is 2. The number of fused-ring (bicyclic) bond motifs is 1. The van der Waals surface area contributed by atoms with Gasteiger partial charge in [0.1, 0.15) is 0 Å². The van der Waals surface area contributed by atoms with Crippen LogP contribution in [0.5, 0.6) is 0 Å². The molecule has 3 rings (SSSR count). The van der Waals surface area contributed by atoms with Gasteiger partial charge in [0.05, 0.1) is 22.6 Å². The lowest BCUT2D eigenvalue weighted by Gasteiger charge is -2.25. The quantitative estimate of drug-likeness (QED) is 0.894. The van der Waals surface area contributed by atoms with E-state index >= 15 is 0 Å². The zero-order chi connectivity index (χ0) is 15.0. The summed E-state index contributed by atoms with van der Waals surface area (Å²) in [7, 11) is 1.75. The Labute approximate surface area is 121 Å². The summed E-state index contributed by atoms with van der Waals surface area (Å²) in [6.45, 7) is 0. The minimum absolute atomic E-state index is 0.0921. The van der Waals surface area contributed by atoms with E-state index in [0.29, 0.717) is 24.1 Å². The monoisotopic (exact) mass is 282 g/mol. The van der Waals surface area contributed by atoms with Crippen molar-refractivity contribution in [1.29, 1.82) is 0 Å². The van der Waals surface area contributed by atoms with E-state index in [0.717, 1.165) is 16.9 Å². The maximum atomic E-state index is 11.7. The number of pyridine rings is 2. The van der Waals surface area contributed by atoms with Crippen molar-refractivity contribution >= 4 is 17.5 Å².